The number of carbonyl (C=O) groups is 2. The van der Waals surface area contributed by atoms with Crippen LogP contribution < -0.4 is 15.5 Å². The molecule has 6 nitrogen and oxygen atoms in total. The van der Waals surface area contributed by atoms with Crippen molar-refractivity contribution < 1.29 is 9.59 Å². The summed E-state index contributed by atoms with van der Waals surface area (Å²) in [7, 11) is 2.21. The number of nitrogens with one attached hydrogen (secondary N) is 2. The van der Waals surface area contributed by atoms with Gasteiger partial charge in [-0.15, -0.1) is 0 Å². The zero-order valence-corrected chi connectivity index (χ0v) is 17.6. The van der Waals surface area contributed by atoms with Gasteiger partial charge in [-0.25, -0.2) is 0 Å². The number of benzene rings is 1. The fourth-order valence-corrected chi connectivity index (χ4v) is 5.07. The highest BCUT2D eigenvalue weighted by Crippen LogP contribution is 2.36. The largest absolute Gasteiger partial charge is 0.358 e. The van der Waals surface area contributed by atoms with Gasteiger partial charge in [-0.05, 0) is 70.3 Å². The summed E-state index contributed by atoms with van der Waals surface area (Å²) in [4.78, 5) is 29.7. The predicted molar refractivity (Wildman–Crippen MR) is 117 cm³/mol. The van der Waals surface area contributed by atoms with E-state index in [-0.39, 0.29) is 17.9 Å². The van der Waals surface area contributed by atoms with Gasteiger partial charge in [-0.2, -0.15) is 0 Å². The highest BCUT2D eigenvalue weighted by molar-refractivity contribution is 6.05. The van der Waals surface area contributed by atoms with Crippen molar-refractivity contribution in [3.8, 4) is 0 Å². The number of hydrogen-bond acceptors (Lipinski definition) is 4. The summed E-state index contributed by atoms with van der Waals surface area (Å²) < 4.78 is 0. The molecule has 1 saturated carbocycles. The maximum atomic E-state index is 12.6. The first kappa shape index (κ1) is 20.2. The highest BCUT2D eigenvalue weighted by atomic mass is 16.2. The summed E-state index contributed by atoms with van der Waals surface area (Å²) in [6, 6.07) is 6.34. The van der Waals surface area contributed by atoms with E-state index in [0.717, 1.165) is 50.1 Å². The van der Waals surface area contributed by atoms with Crippen molar-refractivity contribution in [3.63, 3.8) is 0 Å². The molecule has 4 rings (SSSR count). The van der Waals surface area contributed by atoms with Gasteiger partial charge in [0.05, 0.1) is 11.4 Å². The van der Waals surface area contributed by atoms with Gasteiger partial charge in [-0.3, -0.25) is 9.59 Å². The standard InChI is InChI=1S/C23H34N4O2/c1-26(18-8-3-2-4-9-18)14-7-13-24-22(28)17-11-12-20-19(16-17)25-23(29)21-10-5-6-15-27(20)21/h11-12,16,18,21H,2-10,13-15H2,1H3,(H,24,28)(H,25,29)/t21-/m0/s1. The second-order valence-corrected chi connectivity index (χ2v) is 8.81. The summed E-state index contributed by atoms with van der Waals surface area (Å²) >= 11 is 0. The maximum Gasteiger partial charge on any atom is 0.251 e. The molecule has 1 aliphatic carbocycles. The van der Waals surface area contributed by atoms with E-state index in [4.69, 9.17) is 0 Å². The third-order valence-electron chi connectivity index (χ3n) is 6.80. The Balaban J connectivity index is 1.29. The van der Waals surface area contributed by atoms with Crippen LogP contribution in [0.2, 0.25) is 0 Å². The van der Waals surface area contributed by atoms with Crippen molar-refractivity contribution in [1.82, 2.24) is 10.2 Å². The monoisotopic (exact) mass is 398 g/mol. The molecule has 1 aromatic rings. The molecule has 0 spiro atoms. The Labute approximate surface area is 174 Å². The molecular weight excluding hydrogens is 364 g/mol. The van der Waals surface area contributed by atoms with E-state index in [9.17, 15) is 9.59 Å². The normalized spacial score (nSPS) is 22.1. The quantitative estimate of drug-likeness (QED) is 0.721. The van der Waals surface area contributed by atoms with Gasteiger partial charge in [-0.1, -0.05) is 19.3 Å². The molecule has 158 valence electrons. The SMILES string of the molecule is CN(CCCNC(=O)c1ccc2c(c1)NC(=O)[C@@H]1CCCCN21)C1CCCCC1. The second kappa shape index (κ2) is 9.16. The average Bonchev–Trinajstić information content (AvgIpc) is 2.77. The van der Waals surface area contributed by atoms with Crippen molar-refractivity contribution in [2.75, 3.05) is 36.9 Å². The molecule has 3 aliphatic rings. The van der Waals surface area contributed by atoms with Crippen LogP contribution in [0.4, 0.5) is 11.4 Å². The third kappa shape index (κ3) is 4.58. The molecule has 2 fully saturated rings. The minimum Gasteiger partial charge on any atom is -0.358 e. The van der Waals surface area contributed by atoms with E-state index >= 15 is 0 Å². The average molecular weight is 399 g/mol. The number of amides is 2. The minimum absolute atomic E-state index is 0.0560. The summed E-state index contributed by atoms with van der Waals surface area (Å²) in [5.74, 6) is -0.0105. The van der Waals surface area contributed by atoms with Crippen LogP contribution in [0.3, 0.4) is 0 Å². The molecule has 6 heteroatoms. The lowest BCUT2D eigenvalue weighted by atomic mass is 9.94. The van der Waals surface area contributed by atoms with Gasteiger partial charge in [0.15, 0.2) is 0 Å². The Kier molecular flexibility index (Phi) is 6.38. The third-order valence-corrected chi connectivity index (χ3v) is 6.80. The Morgan fingerprint density at radius 3 is 2.79 bits per heavy atom. The molecular formula is C23H34N4O2. The molecule has 2 N–H and O–H groups in total. The predicted octanol–water partition coefficient (Wildman–Crippen LogP) is 3.38. The van der Waals surface area contributed by atoms with E-state index in [2.05, 4.69) is 27.5 Å². The first-order valence-electron chi connectivity index (χ1n) is 11.3. The van der Waals surface area contributed by atoms with Crippen molar-refractivity contribution >= 4 is 23.2 Å². The molecule has 2 aliphatic heterocycles. The number of fused-ring (bicyclic) bond motifs is 3. The molecule has 1 atom stereocenters. The molecule has 0 unspecified atom stereocenters. The van der Waals surface area contributed by atoms with E-state index in [1.54, 1.807) is 0 Å². The lowest BCUT2D eigenvalue weighted by molar-refractivity contribution is -0.118. The molecule has 0 aromatic heterocycles. The zero-order valence-electron chi connectivity index (χ0n) is 17.6. The van der Waals surface area contributed by atoms with Crippen molar-refractivity contribution in [2.24, 2.45) is 0 Å². The van der Waals surface area contributed by atoms with Crippen LogP contribution >= 0.6 is 0 Å². The summed E-state index contributed by atoms with van der Waals surface area (Å²) in [5, 5.41) is 6.05. The summed E-state index contributed by atoms with van der Waals surface area (Å²) in [5.41, 5.74) is 2.41. The first-order chi connectivity index (χ1) is 14.1. The lowest BCUT2D eigenvalue weighted by Gasteiger charge is -2.41. The number of rotatable bonds is 6. The number of carbonyl (C=O) groups excluding carboxylic acids is 2. The van der Waals surface area contributed by atoms with Crippen LogP contribution in [-0.2, 0) is 4.79 Å². The Morgan fingerprint density at radius 1 is 1.17 bits per heavy atom. The fraction of sp³-hybridized carbons (Fsp3) is 0.652. The van der Waals surface area contributed by atoms with E-state index in [0.29, 0.717) is 18.2 Å². The van der Waals surface area contributed by atoms with Crippen LogP contribution in [0.5, 0.6) is 0 Å². The Hall–Kier alpha value is -2.08. The first-order valence-corrected chi connectivity index (χ1v) is 11.3. The second-order valence-electron chi connectivity index (χ2n) is 8.81. The lowest BCUT2D eigenvalue weighted by Crippen LogP contribution is -2.50. The van der Waals surface area contributed by atoms with Crippen molar-refractivity contribution in [1.29, 1.82) is 0 Å². The molecule has 2 amide bonds. The molecule has 1 saturated heterocycles. The zero-order chi connectivity index (χ0) is 20.2. The van der Waals surface area contributed by atoms with Gasteiger partial charge in [0.2, 0.25) is 5.91 Å². The summed E-state index contributed by atoms with van der Waals surface area (Å²) in [6.07, 6.45) is 10.8. The van der Waals surface area contributed by atoms with Gasteiger partial charge in [0, 0.05) is 24.7 Å². The van der Waals surface area contributed by atoms with Gasteiger partial charge in [0.25, 0.3) is 5.91 Å². The molecule has 0 bridgehead atoms. The van der Waals surface area contributed by atoms with Gasteiger partial charge >= 0.3 is 0 Å². The molecule has 29 heavy (non-hydrogen) atoms. The molecule has 0 radical (unpaired) electrons. The smallest absolute Gasteiger partial charge is 0.251 e. The van der Waals surface area contributed by atoms with E-state index in [1.807, 2.05) is 18.2 Å². The number of hydrogen-bond donors (Lipinski definition) is 2. The van der Waals surface area contributed by atoms with Crippen LogP contribution in [0.25, 0.3) is 0 Å². The van der Waals surface area contributed by atoms with Gasteiger partial charge < -0.3 is 20.4 Å². The topological polar surface area (TPSA) is 64.7 Å². The molecule has 1 aromatic carbocycles. The van der Waals surface area contributed by atoms with Gasteiger partial charge in [0.1, 0.15) is 6.04 Å². The van der Waals surface area contributed by atoms with Crippen LogP contribution in [0, 0.1) is 0 Å². The Bertz CT molecular complexity index is 744. The van der Waals surface area contributed by atoms with E-state index in [1.165, 1.54) is 32.1 Å². The maximum absolute atomic E-state index is 12.6. The number of piperidine rings is 1. The van der Waals surface area contributed by atoms with Crippen LogP contribution in [0.15, 0.2) is 18.2 Å². The van der Waals surface area contributed by atoms with Crippen molar-refractivity contribution in [3.05, 3.63) is 23.8 Å². The highest BCUT2D eigenvalue weighted by Gasteiger charge is 2.34. The number of nitrogens with zero attached hydrogens (tertiary/aromatic N) is 2. The van der Waals surface area contributed by atoms with Crippen molar-refractivity contribution in [2.45, 2.75) is 69.9 Å². The molecule has 2 heterocycles. The van der Waals surface area contributed by atoms with Crippen LogP contribution in [-0.4, -0.2) is 55.5 Å². The fourth-order valence-electron chi connectivity index (χ4n) is 5.07. The Morgan fingerprint density at radius 2 is 1.97 bits per heavy atom. The van der Waals surface area contributed by atoms with E-state index < -0.39 is 0 Å². The number of anilines is 2. The summed E-state index contributed by atoms with van der Waals surface area (Å²) in [6.45, 7) is 2.60. The van der Waals surface area contributed by atoms with Crippen LogP contribution in [0.1, 0.15) is 68.1 Å². The minimum atomic E-state index is -0.0665.